The molecule has 1 aliphatic heterocycles. The summed E-state index contributed by atoms with van der Waals surface area (Å²) in [5.74, 6) is 1.08. The van der Waals surface area contributed by atoms with Crippen molar-refractivity contribution in [3.63, 3.8) is 0 Å². The van der Waals surface area contributed by atoms with Crippen LogP contribution in [-0.4, -0.2) is 17.9 Å². The molecule has 15 heavy (non-hydrogen) atoms. The Morgan fingerprint density at radius 3 is 3.07 bits per heavy atom. The van der Waals surface area contributed by atoms with E-state index in [4.69, 9.17) is 11.6 Å². The molecular weight excluding hydrogens is 210 g/mol. The summed E-state index contributed by atoms with van der Waals surface area (Å²) in [5, 5.41) is 3.95. The number of amidine groups is 1. The molecule has 1 aromatic rings. The number of nitrogens with one attached hydrogen (secondary N) is 1. The molecule has 0 aromatic carbocycles. The highest BCUT2D eigenvalue weighted by Gasteiger charge is 2.18. The van der Waals surface area contributed by atoms with Gasteiger partial charge in [0.25, 0.3) is 0 Å². The topological polar surface area (TPSA) is 37.3 Å². The van der Waals surface area contributed by atoms with Gasteiger partial charge in [0.1, 0.15) is 5.15 Å². The highest BCUT2D eigenvalue weighted by molar-refractivity contribution is 6.29. The minimum absolute atomic E-state index is 0.335. The van der Waals surface area contributed by atoms with Crippen LogP contribution in [0.15, 0.2) is 23.3 Å². The molecule has 1 aromatic heterocycles. The van der Waals surface area contributed by atoms with E-state index in [1.54, 1.807) is 0 Å². The van der Waals surface area contributed by atoms with Crippen LogP contribution in [0.25, 0.3) is 0 Å². The van der Waals surface area contributed by atoms with Crippen LogP contribution in [0, 0.1) is 0 Å². The Hall–Kier alpha value is -1.09. The summed E-state index contributed by atoms with van der Waals surface area (Å²) in [4.78, 5) is 8.29. The second kappa shape index (κ2) is 4.62. The Kier molecular flexibility index (Phi) is 3.21. The summed E-state index contributed by atoms with van der Waals surface area (Å²) in [6, 6.07) is 4.18. The second-order valence-corrected chi connectivity index (χ2v) is 4.06. The zero-order valence-electron chi connectivity index (χ0n) is 8.70. The van der Waals surface area contributed by atoms with Crippen molar-refractivity contribution in [2.24, 2.45) is 4.99 Å². The fraction of sp³-hybridized carbons (Fsp3) is 0.455. The number of piperidine rings is 1. The number of hydrogen-bond acceptors (Lipinski definition) is 2. The van der Waals surface area contributed by atoms with Crippen LogP contribution in [0.2, 0.25) is 5.15 Å². The fourth-order valence-corrected chi connectivity index (χ4v) is 1.95. The predicted molar refractivity (Wildman–Crippen MR) is 62.3 cm³/mol. The number of nitrogens with zero attached hydrogens (tertiary/aromatic N) is 2. The molecule has 2 rings (SSSR count). The lowest BCUT2D eigenvalue weighted by molar-refractivity contribution is 0.524. The van der Waals surface area contributed by atoms with Crippen LogP contribution < -0.4 is 5.32 Å². The molecule has 2 heterocycles. The monoisotopic (exact) mass is 223 g/mol. The van der Waals surface area contributed by atoms with E-state index in [9.17, 15) is 0 Å². The summed E-state index contributed by atoms with van der Waals surface area (Å²) in [5.41, 5.74) is 1.18. The molecule has 0 radical (unpaired) electrons. The lowest BCUT2D eigenvalue weighted by atomic mass is 9.98. The van der Waals surface area contributed by atoms with E-state index in [0.29, 0.717) is 11.2 Å². The van der Waals surface area contributed by atoms with Crippen LogP contribution in [0.5, 0.6) is 0 Å². The van der Waals surface area contributed by atoms with Gasteiger partial charge in [-0.1, -0.05) is 17.7 Å². The smallest absolute Gasteiger partial charge is 0.129 e. The molecule has 3 nitrogen and oxygen atoms in total. The Labute approximate surface area is 94.6 Å². The fourth-order valence-electron chi connectivity index (χ4n) is 1.84. The van der Waals surface area contributed by atoms with Crippen molar-refractivity contribution in [1.82, 2.24) is 10.3 Å². The van der Waals surface area contributed by atoms with Crippen molar-refractivity contribution in [3.8, 4) is 0 Å². The maximum Gasteiger partial charge on any atom is 0.129 e. The third kappa shape index (κ3) is 2.48. The summed E-state index contributed by atoms with van der Waals surface area (Å²) < 4.78 is 0. The van der Waals surface area contributed by atoms with Crippen LogP contribution in [0.3, 0.4) is 0 Å². The van der Waals surface area contributed by atoms with Crippen LogP contribution >= 0.6 is 11.6 Å². The van der Waals surface area contributed by atoms with Crippen molar-refractivity contribution in [2.45, 2.75) is 25.3 Å². The largest absolute Gasteiger partial charge is 0.367 e. The van der Waals surface area contributed by atoms with Crippen LogP contribution in [0.4, 0.5) is 0 Å². The maximum absolute atomic E-state index is 5.75. The number of aromatic nitrogens is 1. The molecule has 80 valence electrons. The minimum Gasteiger partial charge on any atom is -0.367 e. The molecule has 1 N–H and O–H groups in total. The molecule has 1 aliphatic rings. The van der Waals surface area contributed by atoms with Gasteiger partial charge in [-0.05, 0) is 24.5 Å². The zero-order valence-corrected chi connectivity index (χ0v) is 9.46. The molecule has 0 bridgehead atoms. The number of pyridine rings is 1. The lowest BCUT2D eigenvalue weighted by Crippen LogP contribution is -2.32. The van der Waals surface area contributed by atoms with E-state index in [0.717, 1.165) is 18.7 Å². The predicted octanol–water partition coefficient (Wildman–Crippen LogP) is 2.58. The molecule has 4 heteroatoms. The Morgan fingerprint density at radius 2 is 2.40 bits per heavy atom. The summed E-state index contributed by atoms with van der Waals surface area (Å²) in [7, 11) is 1.82. The molecule has 1 atom stereocenters. The first-order valence-corrected chi connectivity index (χ1v) is 5.51. The normalized spacial score (nSPS) is 23.9. The van der Waals surface area contributed by atoms with E-state index < -0.39 is 0 Å². The first-order chi connectivity index (χ1) is 7.29. The van der Waals surface area contributed by atoms with Gasteiger partial charge in [-0.3, -0.25) is 4.99 Å². The molecule has 1 saturated heterocycles. The van der Waals surface area contributed by atoms with Gasteiger partial charge in [-0.2, -0.15) is 0 Å². The quantitative estimate of drug-likeness (QED) is 0.743. The van der Waals surface area contributed by atoms with E-state index in [1.807, 2.05) is 25.4 Å². The first-order valence-electron chi connectivity index (χ1n) is 5.13. The van der Waals surface area contributed by atoms with Gasteiger partial charge in [-0.25, -0.2) is 4.98 Å². The third-order valence-corrected chi connectivity index (χ3v) is 2.89. The van der Waals surface area contributed by atoms with Gasteiger partial charge in [0.2, 0.25) is 0 Å². The van der Waals surface area contributed by atoms with Crippen LogP contribution in [-0.2, 0) is 0 Å². The molecule has 0 spiro atoms. The third-order valence-electron chi connectivity index (χ3n) is 2.67. The van der Waals surface area contributed by atoms with Gasteiger partial charge >= 0.3 is 0 Å². The molecule has 1 fully saturated rings. The van der Waals surface area contributed by atoms with E-state index in [-0.39, 0.29) is 0 Å². The van der Waals surface area contributed by atoms with Gasteiger partial charge in [0.15, 0.2) is 0 Å². The van der Waals surface area contributed by atoms with E-state index in [1.165, 1.54) is 12.0 Å². The number of rotatable bonds is 1. The summed E-state index contributed by atoms with van der Waals surface area (Å²) in [6.45, 7) is 0. The number of hydrogen-bond donors (Lipinski definition) is 1. The van der Waals surface area contributed by atoms with E-state index >= 15 is 0 Å². The Balaban J connectivity index is 2.13. The van der Waals surface area contributed by atoms with Crippen molar-refractivity contribution >= 4 is 17.4 Å². The molecular formula is C11H14ClN3. The molecule has 0 amide bonds. The second-order valence-electron chi connectivity index (χ2n) is 3.67. The van der Waals surface area contributed by atoms with Crippen molar-refractivity contribution in [1.29, 1.82) is 0 Å². The maximum atomic E-state index is 5.75. The van der Waals surface area contributed by atoms with Gasteiger partial charge in [0, 0.05) is 19.7 Å². The van der Waals surface area contributed by atoms with Gasteiger partial charge in [-0.15, -0.1) is 0 Å². The Morgan fingerprint density at radius 1 is 1.53 bits per heavy atom. The Bertz CT molecular complexity index is 359. The summed E-state index contributed by atoms with van der Waals surface area (Å²) >= 11 is 5.75. The van der Waals surface area contributed by atoms with E-state index in [2.05, 4.69) is 15.3 Å². The van der Waals surface area contributed by atoms with Crippen molar-refractivity contribution < 1.29 is 0 Å². The first kappa shape index (κ1) is 10.4. The van der Waals surface area contributed by atoms with Crippen LogP contribution in [0.1, 0.15) is 30.9 Å². The van der Waals surface area contributed by atoms with Gasteiger partial charge < -0.3 is 5.32 Å². The molecule has 1 unspecified atom stereocenters. The zero-order chi connectivity index (χ0) is 10.7. The highest BCUT2D eigenvalue weighted by Crippen LogP contribution is 2.23. The highest BCUT2D eigenvalue weighted by atomic mass is 35.5. The van der Waals surface area contributed by atoms with Crippen molar-refractivity contribution in [2.75, 3.05) is 7.05 Å². The lowest BCUT2D eigenvalue weighted by Gasteiger charge is -2.25. The average molecular weight is 224 g/mol. The van der Waals surface area contributed by atoms with Gasteiger partial charge in [0.05, 0.1) is 11.9 Å². The molecule has 0 saturated carbocycles. The SMILES string of the molecule is CN=C1CCCC(c2ccc(Cl)nc2)N1. The minimum atomic E-state index is 0.335. The standard InChI is InChI=1S/C11H14ClN3/c1-13-11-4-2-3-9(15-11)8-5-6-10(12)14-7-8/h5-7,9H,2-4H2,1H3,(H,13,15). The average Bonchev–Trinajstić information content (AvgIpc) is 2.30. The molecule has 0 aliphatic carbocycles. The van der Waals surface area contributed by atoms with Crippen molar-refractivity contribution in [3.05, 3.63) is 29.0 Å². The summed E-state index contributed by atoms with van der Waals surface area (Å²) in [6.07, 6.45) is 5.18. The number of halogens is 1. The number of aliphatic imine (C=N–C) groups is 1.